The number of nitrogens with zero attached hydrogens (tertiary/aromatic N) is 1. The van der Waals surface area contributed by atoms with Gasteiger partial charge in [0.15, 0.2) is 0 Å². The van der Waals surface area contributed by atoms with Gasteiger partial charge in [0.1, 0.15) is 17.3 Å². The molecule has 0 aromatic heterocycles. The maximum Gasteiger partial charge on any atom is 0.142 e. The number of carbonyl (C=O) groups is 3. The van der Waals surface area contributed by atoms with Crippen LogP contribution in [-0.2, 0) is 58.2 Å². The minimum atomic E-state index is -0.0235. The van der Waals surface area contributed by atoms with Gasteiger partial charge in [-0.3, -0.25) is 14.4 Å². The van der Waals surface area contributed by atoms with E-state index in [0.29, 0.717) is 93.1 Å². The molecule has 14 fully saturated rings. The van der Waals surface area contributed by atoms with Crippen molar-refractivity contribution in [2.24, 2.45) is 138 Å². The van der Waals surface area contributed by atoms with Crippen LogP contribution in [0, 0.1) is 116 Å². The summed E-state index contributed by atoms with van der Waals surface area (Å²) in [7, 11) is 0. The lowest BCUT2D eigenvalue weighted by Gasteiger charge is -2.42. The summed E-state index contributed by atoms with van der Waals surface area (Å²) >= 11 is 3.36. The van der Waals surface area contributed by atoms with Gasteiger partial charge < -0.3 is 22.4 Å². The van der Waals surface area contributed by atoms with E-state index >= 15 is 0 Å². The fourth-order valence-electron chi connectivity index (χ4n) is 27.8. The minimum absolute atomic E-state index is 0. The van der Waals surface area contributed by atoms with Gasteiger partial charge in [-0.2, -0.15) is 0 Å². The van der Waals surface area contributed by atoms with E-state index < -0.39 is 0 Å². The number of rotatable bonds is 18. The number of hydrogen-bond acceptors (Lipinski definition) is 8. The van der Waals surface area contributed by atoms with E-state index in [1.54, 1.807) is 0 Å². The van der Waals surface area contributed by atoms with Gasteiger partial charge in [0, 0.05) is 70.3 Å². The second-order valence-electron chi connectivity index (χ2n) is 39.4. The van der Waals surface area contributed by atoms with Crippen LogP contribution in [0.4, 0.5) is 0 Å². The number of hydrogen-bond donors (Lipinski definition) is 4. The summed E-state index contributed by atoms with van der Waals surface area (Å²) in [5, 5.41) is 14.1. The molecule has 7 aromatic carbocycles. The zero-order valence-electron chi connectivity index (χ0n) is 73.1. The second kappa shape index (κ2) is 43.4. The lowest BCUT2D eigenvalue weighted by atomic mass is 9.65. The van der Waals surface area contributed by atoms with Crippen LogP contribution in [0.3, 0.4) is 0 Å². The third kappa shape index (κ3) is 20.4. The molecule has 7 aromatic rings. The summed E-state index contributed by atoms with van der Waals surface area (Å²) in [6.07, 6.45) is 40.5. The van der Waals surface area contributed by atoms with Gasteiger partial charge >= 0.3 is 0 Å². The summed E-state index contributed by atoms with van der Waals surface area (Å²) in [4.78, 5) is 35.3. The number of halogens is 4. The van der Waals surface area contributed by atoms with Gasteiger partial charge in [-0.15, -0.1) is 37.2 Å². The monoisotopic (exact) mass is 1750 g/mol. The van der Waals surface area contributed by atoms with Gasteiger partial charge in [0.25, 0.3) is 0 Å². The number of Topliss-reactive ketones (excluding diaryl/α,β-unsaturated/α-hetero) is 3. The van der Waals surface area contributed by atoms with Crippen LogP contribution in [0.25, 0.3) is 0 Å². The van der Waals surface area contributed by atoms with Crippen molar-refractivity contribution in [1.82, 2.24) is 0 Å². The topological polar surface area (TPSA) is 162 Å². The van der Waals surface area contributed by atoms with Crippen LogP contribution in [-0.4, -0.2) is 46.4 Å². The third-order valence-electron chi connectivity index (χ3n) is 34.3. The highest BCUT2D eigenvalue weighted by Crippen LogP contribution is 2.62. The zero-order valence-corrected chi connectivity index (χ0v) is 77.1. The molecule has 14 aliphatic carbocycles. The van der Waals surface area contributed by atoms with Crippen molar-refractivity contribution in [3.05, 3.63) is 251 Å². The Hall–Kier alpha value is -5.75. The number of carbonyl (C=O) groups excluding carboxylic acids is 3. The van der Waals surface area contributed by atoms with Gasteiger partial charge in [-0.1, -0.05) is 268 Å². The SMILES string of the molecule is BrCc1ccccc1.CC[C@@]1(Cc2ccccc2)/C(=N\O)[C@@H]2CC[C@H]1C2.CC[C@@]1(Cc2ccccc2)C(=O)[C@@H]2CC[C@H]1C2.CC[C@@]1(Cc2ccccc2)[C@@H]2CC[C@@H](C2)[C@@H]1N.CC[C@]1(Cc2ccccc2)[C@H]2CC[C@H](C2)[C@H]1N.CC[C@]1(Cc2ccccc2)[C@H]2CC[C@H](C2)[C@H]1N.Cl.Cl.Cl.O=C1C[C@H]2CC[C@@H]1C2.O=C1[C@@H]2CC[C@@H](C2)[C@H]1Cc1ccccc1. The lowest BCUT2D eigenvalue weighted by Crippen LogP contribution is -2.47. The Morgan fingerprint density at radius 1 is 0.342 bits per heavy atom. The fraction of sp³-hybridized carbons (Fsp3) is 0.574. The normalized spacial score (nSPS) is 35.1. The first-order valence-corrected chi connectivity index (χ1v) is 48.0. The van der Waals surface area contributed by atoms with E-state index in [0.717, 1.165) is 110 Å². The Kier molecular flexibility index (Phi) is 34.4. The van der Waals surface area contributed by atoms with E-state index in [-0.39, 0.29) is 48.1 Å². The molecular weight excluding hydrogens is 1600 g/mol. The summed E-state index contributed by atoms with van der Waals surface area (Å²) in [5.41, 5.74) is 31.8. The van der Waals surface area contributed by atoms with E-state index in [2.05, 4.69) is 238 Å². The standard InChI is InChI=1S/C16H21NO.3C16H23N.C16H20O.C14H16O.C7H7Br.C7H10O.3ClH/c1-2-16(11-12-6-4-3-5-7-12)14-9-8-13(10-14)15(16)17-18;4*1-2-16(11-12-6-4-3-5-7-12)14-9-8-13(10-14)15(16)17;15-14-12-7-6-11(9-12)13(14)8-10-4-2-1-3-5-10;8-6-7-4-2-1-3-5-7;8-7-4-5-1-2-6(7)3-5;;;/h3-7,13-14,18H,2,8-11H2,1H3;3*3-7,13-15H,2,8-11,17H2,1H3;3-7,13-14H,2,8-11H2,1H3;1-5,11-13H,6-9H2;1-5H,6H2;5-6H,1-4H2;3*1H/b17-15-;;;;;;;;;;/t13-,14+,16+;3*13-,14+,15-,16+;13-,14+,16+;11-,12+,13+;;5-,6+;;;/m111010.0.../s1. The molecule has 21 rings (SSSR count). The molecule has 12 heteroatoms. The number of nitrogens with two attached hydrogens (primary N) is 3. The molecule has 0 unspecified atom stereocenters. The highest BCUT2D eigenvalue weighted by atomic mass is 79.9. The Balaban J connectivity index is 0.000000135. The first-order chi connectivity index (χ1) is 57.0. The fourth-order valence-corrected chi connectivity index (χ4v) is 28.2. The van der Waals surface area contributed by atoms with Gasteiger partial charge in [0.2, 0.25) is 0 Å². The third-order valence-corrected chi connectivity index (χ3v) is 35.0. The summed E-state index contributed by atoms with van der Waals surface area (Å²) in [6.45, 7) is 11.5. The highest BCUT2D eigenvalue weighted by Gasteiger charge is 2.60. The van der Waals surface area contributed by atoms with Crippen LogP contribution < -0.4 is 17.2 Å². The van der Waals surface area contributed by atoms with Crippen LogP contribution >= 0.6 is 53.2 Å². The smallest absolute Gasteiger partial charge is 0.142 e. The average Bonchev–Trinajstić information content (AvgIpc) is 1.56. The minimum Gasteiger partial charge on any atom is -0.411 e. The highest BCUT2D eigenvalue weighted by molar-refractivity contribution is 9.08. The molecule has 23 atom stereocenters. The number of ketones is 3. The van der Waals surface area contributed by atoms with Crippen LogP contribution in [0.2, 0.25) is 0 Å². The average molecular weight is 1750 g/mol. The number of fused-ring (bicyclic) bond motifs is 14. The van der Waals surface area contributed by atoms with Crippen LogP contribution in [0.15, 0.2) is 217 Å². The second-order valence-corrected chi connectivity index (χ2v) is 39.9. The number of benzene rings is 7. The molecule has 120 heavy (non-hydrogen) atoms. The molecule has 0 aliphatic heterocycles. The molecule has 14 aliphatic rings. The number of oxime groups is 1. The van der Waals surface area contributed by atoms with Crippen molar-refractivity contribution in [2.45, 2.75) is 270 Å². The molecule has 650 valence electrons. The van der Waals surface area contributed by atoms with Crippen molar-refractivity contribution < 1.29 is 19.6 Å². The Morgan fingerprint density at radius 3 is 0.967 bits per heavy atom. The van der Waals surface area contributed by atoms with E-state index in [1.165, 1.54) is 199 Å². The largest absolute Gasteiger partial charge is 0.411 e. The predicted molar refractivity (Wildman–Crippen MR) is 507 cm³/mol. The summed E-state index contributed by atoms with van der Waals surface area (Å²) < 4.78 is 0. The first kappa shape index (κ1) is 94.9. The van der Waals surface area contributed by atoms with Crippen molar-refractivity contribution in [3.63, 3.8) is 0 Å². The first-order valence-electron chi connectivity index (χ1n) is 46.9. The van der Waals surface area contributed by atoms with E-state index in [4.69, 9.17) is 17.2 Å². The molecule has 0 heterocycles. The molecular formula is C108H146BrCl3N4O4. The quantitative estimate of drug-likeness (QED) is 0.0378. The van der Waals surface area contributed by atoms with Gasteiger partial charge in [0.05, 0.1) is 5.71 Å². The van der Waals surface area contributed by atoms with Crippen molar-refractivity contribution >= 4 is 76.2 Å². The van der Waals surface area contributed by atoms with E-state index in [9.17, 15) is 19.6 Å². The lowest BCUT2D eigenvalue weighted by molar-refractivity contribution is -0.132. The zero-order chi connectivity index (χ0) is 81.7. The molecule has 14 saturated carbocycles. The Morgan fingerprint density at radius 2 is 0.675 bits per heavy atom. The molecule has 14 bridgehead atoms. The van der Waals surface area contributed by atoms with Crippen LogP contribution in [0.5, 0.6) is 0 Å². The maximum absolute atomic E-state index is 12.5. The molecule has 0 radical (unpaired) electrons. The molecule has 7 N–H and O–H groups in total. The van der Waals surface area contributed by atoms with Crippen molar-refractivity contribution in [1.29, 1.82) is 0 Å². The number of alkyl halides is 1. The Bertz CT molecular complexity index is 4130. The molecule has 0 amide bonds. The van der Waals surface area contributed by atoms with Crippen LogP contribution in [0.1, 0.15) is 247 Å². The molecule has 0 saturated heterocycles. The van der Waals surface area contributed by atoms with E-state index in [1.807, 2.05) is 30.3 Å². The maximum atomic E-state index is 12.5. The van der Waals surface area contributed by atoms with Gasteiger partial charge in [-0.25, -0.2) is 0 Å². The molecule has 8 nitrogen and oxygen atoms in total. The Labute approximate surface area is 749 Å². The molecule has 0 spiro atoms. The van der Waals surface area contributed by atoms with Crippen molar-refractivity contribution in [3.8, 4) is 0 Å². The predicted octanol–water partition coefficient (Wildman–Crippen LogP) is 25.7. The summed E-state index contributed by atoms with van der Waals surface area (Å²) in [6, 6.07) is 76.0. The van der Waals surface area contributed by atoms with Crippen molar-refractivity contribution in [2.75, 3.05) is 0 Å². The summed E-state index contributed by atoms with van der Waals surface area (Å²) in [5.74, 6) is 11.8. The van der Waals surface area contributed by atoms with Gasteiger partial charge in [-0.05, 0) is 320 Å².